The van der Waals surface area contributed by atoms with E-state index >= 15 is 0 Å². The van der Waals surface area contributed by atoms with Gasteiger partial charge in [0.05, 0.1) is 11.4 Å². The third-order valence-electron chi connectivity index (χ3n) is 4.85. The normalized spacial score (nSPS) is 10.7. The Bertz CT molecular complexity index is 785. The zero-order chi connectivity index (χ0) is 20.5. The summed E-state index contributed by atoms with van der Waals surface area (Å²) in [4.78, 5) is 29.3. The zero-order valence-electron chi connectivity index (χ0n) is 16.9. The molecule has 0 radical (unpaired) electrons. The predicted octanol–water partition coefficient (Wildman–Crippen LogP) is 3.33. The minimum atomic E-state index is -0.259. The van der Waals surface area contributed by atoms with Crippen LogP contribution in [0.25, 0.3) is 0 Å². The van der Waals surface area contributed by atoms with Crippen LogP contribution in [0.4, 0.5) is 11.4 Å². The van der Waals surface area contributed by atoms with Crippen LogP contribution in [0.3, 0.4) is 0 Å². The highest BCUT2D eigenvalue weighted by atomic mass is 16.2. The molecule has 2 aromatic carbocycles. The van der Waals surface area contributed by atoms with Crippen LogP contribution in [-0.4, -0.2) is 54.3 Å². The van der Waals surface area contributed by atoms with Crippen molar-refractivity contribution in [3.8, 4) is 0 Å². The molecule has 150 valence electrons. The molecule has 2 aromatic rings. The lowest BCUT2D eigenvalue weighted by Crippen LogP contribution is -2.38. The fraction of sp³-hybridized carbons (Fsp3) is 0.364. The highest BCUT2D eigenvalue weighted by molar-refractivity contribution is 6.06. The molecule has 0 atom stereocenters. The summed E-state index contributed by atoms with van der Waals surface area (Å²) in [6, 6.07) is 13.8. The number of benzene rings is 2. The van der Waals surface area contributed by atoms with Gasteiger partial charge in [-0.05, 0) is 56.4 Å². The number of nitrogens with two attached hydrogens (primary N) is 1. The third kappa shape index (κ3) is 5.57. The fourth-order valence-corrected chi connectivity index (χ4v) is 2.96. The van der Waals surface area contributed by atoms with E-state index in [1.807, 2.05) is 24.0 Å². The topological polar surface area (TPSA) is 78.7 Å². The van der Waals surface area contributed by atoms with E-state index in [-0.39, 0.29) is 11.8 Å². The number of amides is 2. The average molecular weight is 383 g/mol. The zero-order valence-corrected chi connectivity index (χ0v) is 16.9. The summed E-state index contributed by atoms with van der Waals surface area (Å²) in [6.45, 7) is 10.3. The summed E-state index contributed by atoms with van der Waals surface area (Å²) in [6.07, 6.45) is 0. The van der Waals surface area contributed by atoms with E-state index in [1.165, 1.54) is 0 Å². The lowest BCUT2D eigenvalue weighted by molar-refractivity contribution is 0.0746. The summed E-state index contributed by atoms with van der Waals surface area (Å²) in [7, 11) is 0. The number of carbonyl (C=O) groups is 2. The van der Waals surface area contributed by atoms with Crippen molar-refractivity contribution in [2.45, 2.75) is 20.8 Å². The van der Waals surface area contributed by atoms with Gasteiger partial charge in [0.2, 0.25) is 0 Å². The van der Waals surface area contributed by atoms with E-state index in [2.05, 4.69) is 24.1 Å². The van der Waals surface area contributed by atoms with Crippen molar-refractivity contribution in [1.82, 2.24) is 9.80 Å². The van der Waals surface area contributed by atoms with Crippen molar-refractivity contribution >= 4 is 23.2 Å². The standard InChI is InChI=1S/C22H30N4O2/c1-4-25(5-2)15-16-26(6-3)22(28)18-13-11-17(12-14-18)21(27)24-20-10-8-7-9-19(20)23/h7-14H,4-6,15-16,23H2,1-3H3,(H,24,27). The molecule has 0 saturated carbocycles. The first kappa shape index (κ1) is 21.4. The maximum absolute atomic E-state index is 12.8. The molecular formula is C22H30N4O2. The number of nitrogens with zero attached hydrogens (tertiary/aromatic N) is 2. The van der Waals surface area contributed by atoms with Gasteiger partial charge in [-0.2, -0.15) is 0 Å². The van der Waals surface area contributed by atoms with Gasteiger partial charge < -0.3 is 20.9 Å². The number of anilines is 2. The van der Waals surface area contributed by atoms with Gasteiger partial charge in [0.15, 0.2) is 0 Å². The highest BCUT2D eigenvalue weighted by Gasteiger charge is 2.16. The van der Waals surface area contributed by atoms with Crippen molar-refractivity contribution in [2.24, 2.45) is 0 Å². The minimum Gasteiger partial charge on any atom is -0.397 e. The van der Waals surface area contributed by atoms with E-state index in [4.69, 9.17) is 5.73 Å². The number of rotatable bonds is 9. The molecule has 0 aliphatic heterocycles. The summed E-state index contributed by atoms with van der Waals surface area (Å²) in [5.41, 5.74) is 8.00. The first-order chi connectivity index (χ1) is 13.5. The van der Waals surface area contributed by atoms with Gasteiger partial charge >= 0.3 is 0 Å². The van der Waals surface area contributed by atoms with Gasteiger partial charge in [0, 0.05) is 30.8 Å². The Morgan fingerprint density at radius 2 is 1.46 bits per heavy atom. The van der Waals surface area contributed by atoms with E-state index in [0.717, 1.165) is 19.6 Å². The van der Waals surface area contributed by atoms with Crippen molar-refractivity contribution in [3.05, 3.63) is 59.7 Å². The Morgan fingerprint density at radius 1 is 0.857 bits per heavy atom. The number of nitrogens with one attached hydrogen (secondary N) is 1. The van der Waals surface area contributed by atoms with Crippen molar-refractivity contribution < 1.29 is 9.59 Å². The molecule has 0 bridgehead atoms. The molecule has 0 aromatic heterocycles. The van der Waals surface area contributed by atoms with Crippen molar-refractivity contribution in [3.63, 3.8) is 0 Å². The van der Waals surface area contributed by atoms with Crippen molar-refractivity contribution in [1.29, 1.82) is 0 Å². The van der Waals surface area contributed by atoms with Gasteiger partial charge in [-0.25, -0.2) is 0 Å². The molecule has 2 rings (SSSR count). The number of carbonyl (C=O) groups excluding carboxylic acids is 2. The second kappa shape index (κ2) is 10.5. The molecule has 6 nitrogen and oxygen atoms in total. The first-order valence-corrected chi connectivity index (χ1v) is 9.77. The van der Waals surface area contributed by atoms with E-state index in [0.29, 0.717) is 35.6 Å². The van der Waals surface area contributed by atoms with Gasteiger partial charge in [-0.3, -0.25) is 9.59 Å². The lowest BCUT2D eigenvalue weighted by atomic mass is 10.1. The van der Waals surface area contributed by atoms with Crippen LogP contribution in [-0.2, 0) is 0 Å². The largest absolute Gasteiger partial charge is 0.397 e. The quantitative estimate of drug-likeness (QED) is 0.652. The SMILES string of the molecule is CCN(CC)CCN(CC)C(=O)c1ccc(C(=O)Nc2ccccc2N)cc1. The molecular weight excluding hydrogens is 352 g/mol. The highest BCUT2D eigenvalue weighted by Crippen LogP contribution is 2.18. The molecule has 0 fully saturated rings. The molecule has 0 saturated heterocycles. The second-order valence-electron chi connectivity index (χ2n) is 6.53. The van der Waals surface area contributed by atoms with E-state index in [1.54, 1.807) is 36.4 Å². The third-order valence-corrected chi connectivity index (χ3v) is 4.85. The average Bonchev–Trinajstić information content (AvgIpc) is 2.73. The Labute approximate surface area is 167 Å². The molecule has 28 heavy (non-hydrogen) atoms. The van der Waals surface area contributed by atoms with Crippen LogP contribution in [0, 0.1) is 0 Å². The number of hydrogen-bond acceptors (Lipinski definition) is 4. The number of likely N-dealkylation sites (N-methyl/N-ethyl adjacent to an activating group) is 2. The van der Waals surface area contributed by atoms with Crippen molar-refractivity contribution in [2.75, 3.05) is 43.8 Å². The van der Waals surface area contributed by atoms with Gasteiger partial charge in [-0.15, -0.1) is 0 Å². The Balaban J connectivity index is 2.02. The fourth-order valence-electron chi connectivity index (χ4n) is 2.96. The van der Waals surface area contributed by atoms with Crippen LogP contribution < -0.4 is 11.1 Å². The summed E-state index contributed by atoms with van der Waals surface area (Å²) >= 11 is 0. The number of hydrogen-bond donors (Lipinski definition) is 2. The molecule has 6 heteroatoms. The maximum atomic E-state index is 12.8. The summed E-state index contributed by atoms with van der Waals surface area (Å²) in [5.74, 6) is -0.278. The Hall–Kier alpha value is -2.86. The Kier molecular flexibility index (Phi) is 8.02. The molecule has 0 spiro atoms. The minimum absolute atomic E-state index is 0.0195. The van der Waals surface area contributed by atoms with E-state index < -0.39 is 0 Å². The molecule has 0 unspecified atom stereocenters. The molecule has 2 amide bonds. The van der Waals surface area contributed by atoms with Crippen LogP contribution in [0.2, 0.25) is 0 Å². The molecule has 0 heterocycles. The lowest BCUT2D eigenvalue weighted by Gasteiger charge is -2.25. The number of para-hydroxylation sites is 2. The monoisotopic (exact) mass is 382 g/mol. The smallest absolute Gasteiger partial charge is 0.255 e. The van der Waals surface area contributed by atoms with Gasteiger partial charge in [-0.1, -0.05) is 26.0 Å². The maximum Gasteiger partial charge on any atom is 0.255 e. The molecule has 0 aliphatic rings. The summed E-state index contributed by atoms with van der Waals surface area (Å²) < 4.78 is 0. The van der Waals surface area contributed by atoms with Crippen LogP contribution in [0.1, 0.15) is 41.5 Å². The summed E-state index contributed by atoms with van der Waals surface area (Å²) in [5, 5.41) is 2.79. The van der Waals surface area contributed by atoms with Gasteiger partial charge in [0.1, 0.15) is 0 Å². The number of nitrogen functional groups attached to an aromatic ring is 1. The van der Waals surface area contributed by atoms with Crippen LogP contribution in [0.5, 0.6) is 0 Å². The van der Waals surface area contributed by atoms with Gasteiger partial charge in [0.25, 0.3) is 11.8 Å². The van der Waals surface area contributed by atoms with Crippen LogP contribution in [0.15, 0.2) is 48.5 Å². The second-order valence-corrected chi connectivity index (χ2v) is 6.53. The Morgan fingerprint density at radius 3 is 2.04 bits per heavy atom. The molecule has 3 N–H and O–H groups in total. The van der Waals surface area contributed by atoms with E-state index in [9.17, 15) is 9.59 Å². The first-order valence-electron chi connectivity index (χ1n) is 9.77. The predicted molar refractivity (Wildman–Crippen MR) is 115 cm³/mol. The molecule has 0 aliphatic carbocycles. The van der Waals surface area contributed by atoms with Crippen LogP contribution >= 0.6 is 0 Å².